The first-order valence-corrected chi connectivity index (χ1v) is 14.0. The number of aliphatic hydroxyl groups is 1. The molecule has 0 saturated carbocycles. The molecular formula is C19H22F3NO8S3. The van der Waals surface area contributed by atoms with Gasteiger partial charge in [0.1, 0.15) is 23.7 Å². The van der Waals surface area contributed by atoms with Gasteiger partial charge in [-0.15, -0.1) is 0 Å². The average Bonchev–Trinajstić information content (AvgIpc) is 2.72. The third kappa shape index (κ3) is 9.99. The van der Waals surface area contributed by atoms with Crippen molar-refractivity contribution in [3.8, 4) is 0 Å². The van der Waals surface area contributed by atoms with E-state index in [1.165, 1.54) is 12.1 Å². The third-order valence-electron chi connectivity index (χ3n) is 3.98. The largest absolute Gasteiger partial charge is 0.741 e. The van der Waals surface area contributed by atoms with Gasteiger partial charge in [0.25, 0.3) is 0 Å². The van der Waals surface area contributed by atoms with E-state index in [-0.39, 0.29) is 21.5 Å². The number of carboxylic acids is 1. The second kappa shape index (κ2) is 12.5. The van der Waals surface area contributed by atoms with E-state index in [0.717, 1.165) is 5.56 Å². The molecular weight excluding hydrogens is 523 g/mol. The van der Waals surface area contributed by atoms with Gasteiger partial charge in [-0.1, -0.05) is 48.5 Å². The van der Waals surface area contributed by atoms with Crippen molar-refractivity contribution in [2.45, 2.75) is 28.3 Å². The maximum atomic E-state index is 12.3. The van der Waals surface area contributed by atoms with Gasteiger partial charge in [0.05, 0.1) is 11.2 Å². The molecule has 0 aromatic heterocycles. The van der Waals surface area contributed by atoms with E-state index in [9.17, 15) is 36.6 Å². The number of alkyl halides is 3. The zero-order valence-electron chi connectivity index (χ0n) is 17.5. The smallest absolute Gasteiger partial charge is 0.485 e. The van der Waals surface area contributed by atoms with Crippen LogP contribution in [-0.2, 0) is 41.6 Å². The summed E-state index contributed by atoms with van der Waals surface area (Å²) >= 11 is 0. The fourth-order valence-corrected chi connectivity index (χ4v) is 5.33. The molecule has 3 unspecified atom stereocenters. The maximum absolute atomic E-state index is 12.3. The van der Waals surface area contributed by atoms with Gasteiger partial charge >= 0.3 is 11.5 Å². The summed E-state index contributed by atoms with van der Waals surface area (Å²) in [5.41, 5.74) is -4.56. The summed E-state index contributed by atoms with van der Waals surface area (Å²) in [7, 11) is -10.4. The van der Waals surface area contributed by atoms with Gasteiger partial charge in [-0.2, -0.15) is 17.9 Å². The number of hydrogen-bond acceptors (Lipinski definition) is 7. The van der Waals surface area contributed by atoms with Crippen molar-refractivity contribution >= 4 is 37.0 Å². The molecule has 0 bridgehead atoms. The van der Waals surface area contributed by atoms with Crippen LogP contribution in [-0.4, -0.2) is 67.2 Å². The number of carboxylic acid groups (broad SMARTS) is 1. The van der Waals surface area contributed by atoms with Gasteiger partial charge in [0.15, 0.2) is 10.1 Å². The van der Waals surface area contributed by atoms with Crippen LogP contribution in [0.2, 0.25) is 0 Å². The third-order valence-corrected chi connectivity index (χ3v) is 7.74. The first-order valence-electron chi connectivity index (χ1n) is 9.18. The van der Waals surface area contributed by atoms with Crippen LogP contribution >= 0.6 is 0 Å². The lowest BCUT2D eigenvalue weighted by Crippen LogP contribution is -2.50. The molecule has 0 saturated heterocycles. The highest BCUT2D eigenvalue weighted by Crippen LogP contribution is 2.20. The van der Waals surface area contributed by atoms with E-state index < -0.39 is 43.8 Å². The van der Waals surface area contributed by atoms with Gasteiger partial charge in [0.2, 0.25) is 10.0 Å². The molecule has 9 nitrogen and oxygen atoms in total. The number of carbonyl (C=O) groups is 1. The standard InChI is InChI=1S/C18H21NO5S2.CHF3O3S/c1-25(12-14-8-4-2-5-9-14)13-16(20)17(18(21)22)19-26(23,24)15-10-6-3-7-11-15;2-1(3,4)8(5,6)7/h2-11,16-17,19-20H,12-13H2,1H3;(H,5,6,7). The molecule has 0 radical (unpaired) electrons. The van der Waals surface area contributed by atoms with Crippen molar-refractivity contribution < 1.29 is 49.6 Å². The molecule has 0 aliphatic carbocycles. The molecule has 34 heavy (non-hydrogen) atoms. The van der Waals surface area contributed by atoms with Crippen LogP contribution in [0.4, 0.5) is 13.2 Å². The predicted molar refractivity (Wildman–Crippen MR) is 118 cm³/mol. The molecule has 0 heterocycles. The molecule has 2 aromatic carbocycles. The zero-order valence-corrected chi connectivity index (χ0v) is 20.0. The molecule has 190 valence electrons. The monoisotopic (exact) mass is 545 g/mol. The number of nitrogens with one attached hydrogen (secondary N) is 1. The fourth-order valence-electron chi connectivity index (χ4n) is 2.43. The Morgan fingerprint density at radius 3 is 1.88 bits per heavy atom. The maximum Gasteiger partial charge on any atom is 0.485 e. The molecule has 2 aromatic rings. The van der Waals surface area contributed by atoms with Crippen molar-refractivity contribution in [2.24, 2.45) is 0 Å². The van der Waals surface area contributed by atoms with Crippen molar-refractivity contribution in [1.29, 1.82) is 0 Å². The second-order valence-corrected chi connectivity index (χ2v) is 12.1. The van der Waals surface area contributed by atoms with Crippen LogP contribution in [0.3, 0.4) is 0 Å². The van der Waals surface area contributed by atoms with E-state index in [2.05, 4.69) is 4.72 Å². The van der Waals surface area contributed by atoms with Crippen molar-refractivity contribution in [3.63, 3.8) is 0 Å². The number of halogens is 3. The highest BCUT2D eigenvalue weighted by atomic mass is 32.2. The molecule has 3 N–H and O–H groups in total. The van der Waals surface area contributed by atoms with Gasteiger partial charge in [0, 0.05) is 5.56 Å². The Morgan fingerprint density at radius 1 is 1.03 bits per heavy atom. The average molecular weight is 546 g/mol. The Balaban J connectivity index is 0.000000620. The van der Waals surface area contributed by atoms with Gasteiger partial charge < -0.3 is 14.8 Å². The first-order chi connectivity index (χ1) is 15.5. The van der Waals surface area contributed by atoms with E-state index in [4.69, 9.17) is 13.0 Å². The Bertz CT molecular complexity index is 1130. The molecule has 0 aliphatic heterocycles. The summed E-state index contributed by atoms with van der Waals surface area (Å²) in [4.78, 5) is 11.5. The normalized spacial score (nSPS) is 14.9. The highest BCUT2D eigenvalue weighted by molar-refractivity contribution is 7.95. The van der Waals surface area contributed by atoms with Crippen LogP contribution in [0.25, 0.3) is 0 Å². The minimum atomic E-state index is -6.09. The number of sulfonamides is 1. The predicted octanol–water partition coefficient (Wildman–Crippen LogP) is 1.28. The van der Waals surface area contributed by atoms with Crippen LogP contribution in [0.15, 0.2) is 65.6 Å². The molecule has 3 atom stereocenters. The van der Waals surface area contributed by atoms with Gasteiger partial charge in [-0.25, -0.2) is 16.8 Å². The number of hydrogen-bond donors (Lipinski definition) is 3. The minimum absolute atomic E-state index is 0.0433. The van der Waals surface area contributed by atoms with Crippen LogP contribution in [0, 0.1) is 0 Å². The minimum Gasteiger partial charge on any atom is -0.741 e. The van der Waals surface area contributed by atoms with Gasteiger partial charge in [-0.3, -0.25) is 4.79 Å². The van der Waals surface area contributed by atoms with E-state index in [1.807, 2.05) is 36.6 Å². The lowest BCUT2D eigenvalue weighted by molar-refractivity contribution is -0.141. The summed E-state index contributed by atoms with van der Waals surface area (Å²) in [6.45, 7) is 0. The summed E-state index contributed by atoms with van der Waals surface area (Å²) in [6, 6.07) is 15.5. The lowest BCUT2D eigenvalue weighted by Gasteiger charge is -2.19. The molecule has 2 rings (SSSR count). The number of aliphatic carboxylic acids is 1. The molecule has 0 aliphatic rings. The van der Waals surface area contributed by atoms with E-state index in [0.29, 0.717) is 5.75 Å². The number of benzene rings is 2. The Kier molecular flexibility index (Phi) is 11.0. The summed E-state index contributed by atoms with van der Waals surface area (Å²) in [6.07, 6.45) is 0.587. The van der Waals surface area contributed by atoms with Crippen molar-refractivity contribution in [2.75, 3.05) is 12.0 Å². The molecule has 0 amide bonds. The zero-order chi connectivity index (χ0) is 26.2. The molecule has 15 heteroatoms. The quantitative estimate of drug-likeness (QED) is 0.241. The fraction of sp³-hybridized carbons (Fsp3) is 0.316. The summed E-state index contributed by atoms with van der Waals surface area (Å²) < 4.78 is 85.7. The number of rotatable bonds is 9. The molecule has 0 spiro atoms. The van der Waals surface area contributed by atoms with Crippen LogP contribution in [0.5, 0.6) is 0 Å². The summed E-state index contributed by atoms with van der Waals surface area (Å²) in [5.74, 6) is -0.535. The van der Waals surface area contributed by atoms with Crippen molar-refractivity contribution in [3.05, 3.63) is 66.2 Å². The second-order valence-electron chi connectivity index (χ2n) is 6.80. The summed E-state index contributed by atoms with van der Waals surface area (Å²) in [5, 5.41) is 19.7. The van der Waals surface area contributed by atoms with Crippen LogP contribution < -0.4 is 4.72 Å². The Hall–Kier alpha value is -2.17. The molecule has 0 fully saturated rings. The Labute approximate surface area is 197 Å². The van der Waals surface area contributed by atoms with E-state index in [1.54, 1.807) is 18.2 Å². The topological polar surface area (TPSA) is 161 Å². The highest BCUT2D eigenvalue weighted by Gasteiger charge is 2.37. The van der Waals surface area contributed by atoms with Crippen molar-refractivity contribution in [1.82, 2.24) is 4.72 Å². The van der Waals surface area contributed by atoms with E-state index >= 15 is 0 Å². The van der Waals surface area contributed by atoms with Gasteiger partial charge in [-0.05, 0) is 23.0 Å². The number of aliphatic hydroxyl groups excluding tert-OH is 1. The lowest BCUT2D eigenvalue weighted by atomic mass is 10.2. The Morgan fingerprint density at radius 2 is 1.47 bits per heavy atom. The van der Waals surface area contributed by atoms with Crippen LogP contribution in [0.1, 0.15) is 5.56 Å². The SMILES string of the molecule is C[S+](Cc1ccccc1)CC(O)C(NS(=O)(=O)c1ccccc1)C(=O)O.O=S(=O)([O-])C(F)(F)F. The first kappa shape index (κ1) is 29.9.